The van der Waals surface area contributed by atoms with Crippen molar-refractivity contribution < 1.29 is 19.5 Å². The first-order chi connectivity index (χ1) is 20.4. The number of anilines is 1. The number of aromatic nitrogens is 3. The topological polar surface area (TPSA) is 132 Å². The summed E-state index contributed by atoms with van der Waals surface area (Å²) in [4.78, 5) is 53.6. The highest BCUT2D eigenvalue weighted by molar-refractivity contribution is 6.50. The number of carbonyl (C=O) groups excluding carboxylic acids is 2. The second-order valence-corrected chi connectivity index (χ2v) is 10.1. The van der Waals surface area contributed by atoms with E-state index in [0.717, 1.165) is 48.0 Å². The zero-order valence-corrected chi connectivity index (χ0v) is 22.9. The van der Waals surface area contributed by atoms with Crippen molar-refractivity contribution in [2.24, 2.45) is 0 Å². The minimum Gasteiger partial charge on any atom is -0.478 e. The molecular formula is C32H28N6O4. The molecule has 4 heterocycles. The van der Waals surface area contributed by atoms with E-state index >= 15 is 0 Å². The fraction of sp³-hybridized carbons (Fsp3) is 0.156. The number of amides is 2. The maximum atomic E-state index is 13.1. The minimum atomic E-state index is -0.879. The SMILES string of the molecule is CN1CCN(c2nc(C3=C(c4c[nH]c5ccccc45)C(=O)NC3=O)c3ccccc3n2)CC1.O=C(O)c1ccccc1. The Morgan fingerprint density at radius 1 is 0.786 bits per heavy atom. The van der Waals surface area contributed by atoms with Crippen LogP contribution in [0.3, 0.4) is 0 Å². The normalized spacial score (nSPS) is 15.6. The molecule has 2 aromatic heterocycles. The summed E-state index contributed by atoms with van der Waals surface area (Å²) in [7, 11) is 2.09. The van der Waals surface area contributed by atoms with Gasteiger partial charge in [0.15, 0.2) is 0 Å². The molecule has 0 saturated carbocycles. The Bertz CT molecular complexity index is 1860. The molecule has 1 fully saturated rings. The summed E-state index contributed by atoms with van der Waals surface area (Å²) in [5, 5.41) is 12.5. The Balaban J connectivity index is 0.000000302. The molecular weight excluding hydrogens is 532 g/mol. The largest absolute Gasteiger partial charge is 0.478 e. The van der Waals surface area contributed by atoms with Gasteiger partial charge in [0.1, 0.15) is 0 Å². The molecule has 7 rings (SSSR count). The molecule has 2 aliphatic heterocycles. The van der Waals surface area contributed by atoms with E-state index in [0.29, 0.717) is 33.9 Å². The van der Waals surface area contributed by atoms with Gasteiger partial charge in [-0.25, -0.2) is 14.8 Å². The predicted octanol–water partition coefficient (Wildman–Crippen LogP) is 3.81. The minimum absolute atomic E-state index is 0.290. The van der Waals surface area contributed by atoms with Crippen LogP contribution < -0.4 is 10.2 Å². The Kier molecular flexibility index (Phi) is 7.20. The third kappa shape index (κ3) is 5.11. The van der Waals surface area contributed by atoms with Crippen molar-refractivity contribution in [2.45, 2.75) is 0 Å². The number of imide groups is 1. The average Bonchev–Trinajstić information content (AvgIpc) is 3.56. The standard InChI is InChI=1S/C25H22N6O2.C7H6O2/c1-30-10-12-31(13-11-30)25-27-19-9-5-3-7-16(19)22(28-25)21-20(23(32)29-24(21)33)17-14-26-18-8-4-2-6-15(17)18;8-7(9)6-4-2-1-3-5-6/h2-9,14,26H,10-13H2,1H3,(H,29,32,33);1-5H,(H,8,9). The number of nitrogens with zero attached hydrogens (tertiary/aromatic N) is 4. The third-order valence-corrected chi connectivity index (χ3v) is 7.42. The number of carboxylic acids is 1. The van der Waals surface area contributed by atoms with Gasteiger partial charge in [0, 0.05) is 54.2 Å². The first-order valence-corrected chi connectivity index (χ1v) is 13.6. The first kappa shape index (κ1) is 26.9. The highest BCUT2D eigenvalue weighted by Gasteiger charge is 2.35. The molecule has 0 bridgehead atoms. The second-order valence-electron chi connectivity index (χ2n) is 10.1. The van der Waals surface area contributed by atoms with Crippen molar-refractivity contribution in [1.29, 1.82) is 0 Å². The van der Waals surface area contributed by atoms with Crippen molar-refractivity contribution in [3.63, 3.8) is 0 Å². The average molecular weight is 561 g/mol. The number of piperazine rings is 1. The molecule has 3 N–H and O–H groups in total. The van der Waals surface area contributed by atoms with Crippen LogP contribution in [-0.4, -0.2) is 76.0 Å². The number of aromatic amines is 1. The smallest absolute Gasteiger partial charge is 0.335 e. The van der Waals surface area contributed by atoms with Crippen LogP contribution in [0.5, 0.6) is 0 Å². The lowest BCUT2D eigenvalue weighted by Gasteiger charge is -2.32. The maximum absolute atomic E-state index is 13.1. The number of fused-ring (bicyclic) bond motifs is 2. The summed E-state index contributed by atoms with van der Waals surface area (Å²) >= 11 is 0. The number of carboxylic acid groups (broad SMARTS) is 1. The molecule has 0 spiro atoms. The summed E-state index contributed by atoms with van der Waals surface area (Å²) in [5.41, 5.74) is 3.78. The number of H-pyrrole nitrogens is 1. The van der Waals surface area contributed by atoms with Crippen LogP contribution in [0.2, 0.25) is 0 Å². The Hall–Kier alpha value is -5.35. The monoisotopic (exact) mass is 560 g/mol. The van der Waals surface area contributed by atoms with Gasteiger partial charge in [-0.3, -0.25) is 14.9 Å². The van der Waals surface area contributed by atoms with Gasteiger partial charge < -0.3 is 19.9 Å². The van der Waals surface area contributed by atoms with Crippen LogP contribution in [-0.2, 0) is 9.59 Å². The van der Waals surface area contributed by atoms with Gasteiger partial charge in [0.05, 0.1) is 27.9 Å². The van der Waals surface area contributed by atoms with E-state index in [1.165, 1.54) is 0 Å². The van der Waals surface area contributed by atoms with Gasteiger partial charge >= 0.3 is 5.97 Å². The number of para-hydroxylation sites is 2. The molecule has 210 valence electrons. The van der Waals surface area contributed by atoms with E-state index in [-0.39, 0.29) is 0 Å². The second kappa shape index (κ2) is 11.3. The Morgan fingerprint density at radius 3 is 2.14 bits per heavy atom. The first-order valence-electron chi connectivity index (χ1n) is 13.6. The number of nitrogens with one attached hydrogen (secondary N) is 2. The fourth-order valence-corrected chi connectivity index (χ4v) is 5.20. The molecule has 1 saturated heterocycles. The zero-order valence-electron chi connectivity index (χ0n) is 22.9. The quantitative estimate of drug-likeness (QED) is 0.283. The van der Waals surface area contributed by atoms with Crippen LogP contribution in [0.15, 0.2) is 85.1 Å². The molecule has 0 unspecified atom stereocenters. The Labute approximate surface area is 241 Å². The third-order valence-electron chi connectivity index (χ3n) is 7.42. The lowest BCUT2D eigenvalue weighted by atomic mass is 9.97. The Morgan fingerprint density at radius 2 is 1.43 bits per heavy atom. The highest BCUT2D eigenvalue weighted by Crippen LogP contribution is 2.37. The summed E-state index contributed by atoms with van der Waals surface area (Å²) in [6.07, 6.45) is 1.78. The van der Waals surface area contributed by atoms with Crippen molar-refractivity contribution in [3.05, 3.63) is 102 Å². The number of aromatic carboxylic acids is 1. The number of hydrogen-bond acceptors (Lipinski definition) is 7. The van der Waals surface area contributed by atoms with Crippen LogP contribution in [0.25, 0.3) is 33.0 Å². The van der Waals surface area contributed by atoms with E-state index < -0.39 is 17.8 Å². The maximum Gasteiger partial charge on any atom is 0.335 e. The number of likely N-dealkylation sites (N-methyl/N-ethyl adjacent to an activating group) is 1. The van der Waals surface area contributed by atoms with Gasteiger partial charge in [0.2, 0.25) is 5.95 Å². The highest BCUT2D eigenvalue weighted by atomic mass is 16.4. The lowest BCUT2D eigenvalue weighted by molar-refractivity contribution is -0.122. The number of carbonyl (C=O) groups is 3. The molecule has 3 aromatic carbocycles. The van der Waals surface area contributed by atoms with E-state index in [1.54, 1.807) is 36.5 Å². The van der Waals surface area contributed by atoms with Crippen molar-refractivity contribution in [3.8, 4) is 0 Å². The molecule has 0 aliphatic carbocycles. The van der Waals surface area contributed by atoms with Gasteiger partial charge in [-0.05, 0) is 31.3 Å². The zero-order chi connectivity index (χ0) is 29.2. The molecule has 0 atom stereocenters. The molecule has 10 heteroatoms. The summed E-state index contributed by atoms with van der Waals surface area (Å²) in [5.74, 6) is -1.15. The van der Waals surface area contributed by atoms with Gasteiger partial charge in [-0.15, -0.1) is 0 Å². The van der Waals surface area contributed by atoms with Crippen LogP contribution >= 0.6 is 0 Å². The van der Waals surface area contributed by atoms with Crippen molar-refractivity contribution >= 4 is 56.7 Å². The molecule has 2 aliphatic rings. The summed E-state index contributed by atoms with van der Waals surface area (Å²) in [6.45, 7) is 3.42. The summed E-state index contributed by atoms with van der Waals surface area (Å²) < 4.78 is 0. The van der Waals surface area contributed by atoms with Crippen LogP contribution in [0.1, 0.15) is 21.6 Å². The molecule has 42 heavy (non-hydrogen) atoms. The molecule has 10 nitrogen and oxygen atoms in total. The van der Waals surface area contributed by atoms with Gasteiger partial charge in [0.25, 0.3) is 11.8 Å². The fourth-order valence-electron chi connectivity index (χ4n) is 5.20. The van der Waals surface area contributed by atoms with Crippen molar-refractivity contribution in [1.82, 2.24) is 25.2 Å². The van der Waals surface area contributed by atoms with E-state index in [9.17, 15) is 14.4 Å². The van der Waals surface area contributed by atoms with E-state index in [4.69, 9.17) is 15.1 Å². The van der Waals surface area contributed by atoms with Gasteiger partial charge in [-0.1, -0.05) is 54.6 Å². The van der Waals surface area contributed by atoms with Crippen LogP contribution in [0, 0.1) is 0 Å². The van der Waals surface area contributed by atoms with E-state index in [1.807, 2.05) is 48.5 Å². The lowest BCUT2D eigenvalue weighted by Crippen LogP contribution is -2.45. The summed E-state index contributed by atoms with van der Waals surface area (Å²) in [6, 6.07) is 23.7. The molecule has 5 aromatic rings. The molecule has 2 amide bonds. The number of hydrogen-bond donors (Lipinski definition) is 3. The van der Waals surface area contributed by atoms with Gasteiger partial charge in [-0.2, -0.15) is 0 Å². The number of benzene rings is 3. The van der Waals surface area contributed by atoms with Crippen LogP contribution in [0.4, 0.5) is 5.95 Å². The van der Waals surface area contributed by atoms with Crippen molar-refractivity contribution in [2.75, 3.05) is 38.1 Å². The molecule has 0 radical (unpaired) electrons. The predicted molar refractivity (Wildman–Crippen MR) is 161 cm³/mol. The van der Waals surface area contributed by atoms with E-state index in [2.05, 4.69) is 27.1 Å². The number of rotatable bonds is 4.